The lowest BCUT2D eigenvalue weighted by molar-refractivity contribution is -0.137. The molecule has 1 aromatic heterocycles. The smallest absolute Gasteiger partial charge is 0.322 e. The van der Waals surface area contributed by atoms with Crippen molar-refractivity contribution in [2.45, 2.75) is 32.5 Å². The van der Waals surface area contributed by atoms with Crippen molar-refractivity contribution < 1.29 is 22.4 Å². The van der Waals surface area contributed by atoms with Crippen molar-refractivity contribution in [1.29, 1.82) is 0 Å². The van der Waals surface area contributed by atoms with Gasteiger partial charge in [-0.2, -0.15) is 13.2 Å². The lowest BCUT2D eigenvalue weighted by Crippen LogP contribution is -2.18. The van der Waals surface area contributed by atoms with Gasteiger partial charge >= 0.3 is 6.18 Å². The first-order chi connectivity index (χ1) is 17.7. The van der Waals surface area contributed by atoms with Crippen molar-refractivity contribution >= 4 is 22.5 Å². The zero-order chi connectivity index (χ0) is 26.2. The number of halogens is 4. The predicted octanol–water partition coefficient (Wildman–Crippen LogP) is 7.22. The molecular formula is C29H25F4N3O. The highest BCUT2D eigenvalue weighted by Gasteiger charge is 2.30. The van der Waals surface area contributed by atoms with Crippen LogP contribution in [0.5, 0.6) is 0 Å². The van der Waals surface area contributed by atoms with Crippen LogP contribution in [0.1, 0.15) is 39.9 Å². The van der Waals surface area contributed by atoms with Crippen molar-refractivity contribution in [2.75, 3.05) is 18.4 Å². The van der Waals surface area contributed by atoms with Gasteiger partial charge in [-0.25, -0.2) is 4.39 Å². The van der Waals surface area contributed by atoms with E-state index in [1.165, 1.54) is 37.1 Å². The Bertz CT molecular complexity index is 1460. The Labute approximate surface area is 211 Å². The summed E-state index contributed by atoms with van der Waals surface area (Å²) in [5.41, 5.74) is 3.06. The van der Waals surface area contributed by atoms with Crippen LogP contribution in [0.4, 0.5) is 23.2 Å². The van der Waals surface area contributed by atoms with Crippen LogP contribution in [0.15, 0.2) is 66.9 Å². The monoisotopic (exact) mass is 507 g/mol. The average Bonchev–Trinajstić information content (AvgIpc) is 3.38. The van der Waals surface area contributed by atoms with Gasteiger partial charge in [0.1, 0.15) is 5.82 Å². The first-order valence-electron chi connectivity index (χ1n) is 12.1. The number of anilines is 1. The van der Waals surface area contributed by atoms with E-state index in [-0.39, 0.29) is 5.56 Å². The Balaban J connectivity index is 1.33. The molecule has 37 heavy (non-hydrogen) atoms. The minimum absolute atomic E-state index is 0.163. The standard InChI is InChI=1S/C29H25F4N3O/c1-18-26(11-7-22-14-19(16-34-27(18)22)17-36-12-2-3-13-36)35-28(37)24-10-6-21(15-25(24)30)20-4-8-23(9-5-20)29(31,32)33/h4-11,14-16H,2-3,12-13,17H2,1H3,(H,35,37). The number of rotatable bonds is 5. The number of hydrogen-bond donors (Lipinski definition) is 1. The van der Waals surface area contributed by atoms with Gasteiger partial charge in [-0.15, -0.1) is 0 Å². The van der Waals surface area contributed by atoms with Crippen LogP contribution in [-0.4, -0.2) is 28.9 Å². The highest BCUT2D eigenvalue weighted by Crippen LogP contribution is 2.32. The summed E-state index contributed by atoms with van der Waals surface area (Å²) in [6.07, 6.45) is -0.139. The molecule has 0 unspecified atom stereocenters. The van der Waals surface area contributed by atoms with Crippen LogP contribution in [0.3, 0.4) is 0 Å². The van der Waals surface area contributed by atoms with E-state index in [1.807, 2.05) is 19.2 Å². The molecule has 4 aromatic rings. The number of pyridine rings is 1. The third-order valence-corrected chi connectivity index (χ3v) is 6.77. The molecule has 1 aliphatic rings. The van der Waals surface area contributed by atoms with Gasteiger partial charge in [0.2, 0.25) is 0 Å². The van der Waals surface area contributed by atoms with Gasteiger partial charge in [0, 0.05) is 23.8 Å². The number of fused-ring (bicyclic) bond motifs is 1. The molecule has 1 aliphatic heterocycles. The van der Waals surface area contributed by atoms with E-state index in [0.717, 1.165) is 59.9 Å². The summed E-state index contributed by atoms with van der Waals surface area (Å²) >= 11 is 0. The summed E-state index contributed by atoms with van der Waals surface area (Å²) in [4.78, 5) is 19.9. The van der Waals surface area contributed by atoms with Gasteiger partial charge in [0.25, 0.3) is 5.91 Å². The number of alkyl halides is 3. The van der Waals surface area contributed by atoms with Gasteiger partial charge in [0.15, 0.2) is 0 Å². The van der Waals surface area contributed by atoms with Gasteiger partial charge in [-0.1, -0.05) is 24.3 Å². The SMILES string of the molecule is Cc1c(NC(=O)c2ccc(-c3ccc(C(F)(F)F)cc3)cc2F)ccc2cc(CN3CCCC3)cnc12. The highest BCUT2D eigenvalue weighted by atomic mass is 19.4. The number of aromatic nitrogens is 1. The molecule has 5 rings (SSSR count). The number of benzene rings is 3. The van der Waals surface area contributed by atoms with Crippen LogP contribution in [-0.2, 0) is 12.7 Å². The number of hydrogen-bond acceptors (Lipinski definition) is 3. The molecule has 2 heterocycles. The second kappa shape index (κ2) is 9.94. The zero-order valence-electron chi connectivity index (χ0n) is 20.2. The minimum Gasteiger partial charge on any atom is -0.322 e. The largest absolute Gasteiger partial charge is 0.416 e. The maximum absolute atomic E-state index is 14.9. The minimum atomic E-state index is -4.45. The van der Waals surface area contributed by atoms with Crippen LogP contribution < -0.4 is 5.32 Å². The molecule has 0 bridgehead atoms. The summed E-state index contributed by atoms with van der Waals surface area (Å²) in [7, 11) is 0. The van der Waals surface area contributed by atoms with Gasteiger partial charge in [0.05, 0.1) is 16.6 Å². The van der Waals surface area contributed by atoms with Crippen molar-refractivity contribution in [3.8, 4) is 11.1 Å². The van der Waals surface area contributed by atoms with Crippen molar-refractivity contribution in [3.05, 3.63) is 94.9 Å². The topological polar surface area (TPSA) is 45.2 Å². The molecule has 0 spiro atoms. The molecule has 1 saturated heterocycles. The number of carbonyl (C=O) groups excluding carboxylic acids is 1. The Hall–Kier alpha value is -3.78. The average molecular weight is 508 g/mol. The van der Waals surface area contributed by atoms with Crippen molar-refractivity contribution in [1.82, 2.24) is 9.88 Å². The molecule has 8 heteroatoms. The van der Waals surface area contributed by atoms with Crippen LogP contribution in [0.2, 0.25) is 0 Å². The fraction of sp³-hybridized carbons (Fsp3) is 0.241. The normalized spacial score (nSPS) is 14.3. The molecule has 1 fully saturated rings. The quantitative estimate of drug-likeness (QED) is 0.290. The van der Waals surface area contributed by atoms with E-state index in [0.29, 0.717) is 16.8 Å². The predicted molar refractivity (Wildman–Crippen MR) is 136 cm³/mol. The lowest BCUT2D eigenvalue weighted by atomic mass is 10.0. The second-order valence-corrected chi connectivity index (χ2v) is 9.36. The third kappa shape index (κ3) is 5.34. The van der Waals surface area contributed by atoms with E-state index in [9.17, 15) is 22.4 Å². The van der Waals surface area contributed by atoms with E-state index >= 15 is 0 Å². The van der Waals surface area contributed by atoms with Gasteiger partial charge in [-0.05, 0) is 91.5 Å². The van der Waals surface area contributed by atoms with E-state index in [4.69, 9.17) is 0 Å². The molecule has 1 N–H and O–H groups in total. The fourth-order valence-electron chi connectivity index (χ4n) is 4.73. The number of aryl methyl sites for hydroxylation is 1. The number of likely N-dealkylation sites (tertiary alicyclic amines) is 1. The summed E-state index contributed by atoms with van der Waals surface area (Å²) in [6.45, 7) is 4.92. The number of carbonyl (C=O) groups is 1. The maximum atomic E-state index is 14.9. The first kappa shape index (κ1) is 24.9. The van der Waals surface area contributed by atoms with Crippen molar-refractivity contribution in [3.63, 3.8) is 0 Å². The van der Waals surface area contributed by atoms with Gasteiger partial charge in [-0.3, -0.25) is 14.7 Å². The molecule has 3 aromatic carbocycles. The van der Waals surface area contributed by atoms with E-state index in [2.05, 4.69) is 21.3 Å². The summed E-state index contributed by atoms with van der Waals surface area (Å²) in [6, 6.07) is 14.2. The van der Waals surface area contributed by atoms with Crippen LogP contribution in [0.25, 0.3) is 22.0 Å². The summed E-state index contributed by atoms with van der Waals surface area (Å²) < 4.78 is 53.3. The molecule has 0 radical (unpaired) electrons. The Morgan fingerprint density at radius 1 is 0.973 bits per heavy atom. The highest BCUT2D eigenvalue weighted by molar-refractivity contribution is 6.06. The number of nitrogens with zero attached hydrogens (tertiary/aromatic N) is 2. The molecule has 1 amide bonds. The third-order valence-electron chi connectivity index (χ3n) is 6.77. The fourth-order valence-corrected chi connectivity index (χ4v) is 4.73. The number of amides is 1. The summed E-state index contributed by atoms with van der Waals surface area (Å²) in [5, 5.41) is 3.74. The molecule has 0 saturated carbocycles. The van der Waals surface area contributed by atoms with Crippen LogP contribution in [0, 0.1) is 12.7 Å². The molecule has 4 nitrogen and oxygen atoms in total. The van der Waals surface area contributed by atoms with Crippen molar-refractivity contribution in [2.24, 2.45) is 0 Å². The first-order valence-corrected chi connectivity index (χ1v) is 12.1. The lowest BCUT2D eigenvalue weighted by Gasteiger charge is -2.16. The van der Waals surface area contributed by atoms with Gasteiger partial charge < -0.3 is 5.32 Å². The molecule has 0 aliphatic carbocycles. The molecular weight excluding hydrogens is 482 g/mol. The van der Waals surface area contributed by atoms with Crippen LogP contribution >= 0.6 is 0 Å². The number of nitrogens with one attached hydrogen (secondary N) is 1. The molecule has 190 valence electrons. The molecule has 0 atom stereocenters. The van der Waals surface area contributed by atoms with E-state index < -0.39 is 23.5 Å². The summed E-state index contributed by atoms with van der Waals surface area (Å²) in [5.74, 6) is -1.39. The zero-order valence-corrected chi connectivity index (χ0v) is 20.2. The maximum Gasteiger partial charge on any atom is 0.416 e. The Morgan fingerprint density at radius 2 is 1.68 bits per heavy atom. The second-order valence-electron chi connectivity index (χ2n) is 9.36. The Morgan fingerprint density at radius 3 is 2.35 bits per heavy atom. The Kier molecular flexibility index (Phi) is 6.69. The van der Waals surface area contributed by atoms with E-state index in [1.54, 1.807) is 6.07 Å².